The van der Waals surface area contributed by atoms with Gasteiger partial charge in [0, 0.05) is 16.8 Å². The molecule has 2 atom stereocenters. The summed E-state index contributed by atoms with van der Waals surface area (Å²) in [5.41, 5.74) is -0.454. The third-order valence-electron chi connectivity index (χ3n) is 7.94. The zero-order valence-corrected chi connectivity index (χ0v) is 22.4. The van der Waals surface area contributed by atoms with E-state index in [0.717, 1.165) is 37.3 Å². The van der Waals surface area contributed by atoms with Crippen LogP contribution in [0.1, 0.15) is 40.3 Å². The average Bonchev–Trinajstić information content (AvgIpc) is 3.34. The molecule has 4 aromatic carbocycles. The normalized spacial score (nSPS) is 17.8. The summed E-state index contributed by atoms with van der Waals surface area (Å²) in [4.78, 5) is 45.0. The standard InChI is InChI=1S/C31H30N4O4/c1-5-20(2)34-28(36)32(25-18-10-14-21-12-6-8-16-23(21)25)27(31(34,3)4)35-29(37)33(30(38)39-35)26-19-11-15-22-13-7-9-17-24(22)26/h6-20,27H,5H2,1-4H3/t20-,27-/m0/s1. The molecule has 0 aliphatic carbocycles. The van der Waals surface area contributed by atoms with Crippen molar-refractivity contribution in [2.75, 3.05) is 4.90 Å². The first-order valence-corrected chi connectivity index (χ1v) is 13.2. The Bertz CT molecular complexity index is 1840. The van der Waals surface area contributed by atoms with Gasteiger partial charge in [-0.3, -0.25) is 4.90 Å². The van der Waals surface area contributed by atoms with E-state index in [1.807, 2.05) is 100 Å². The van der Waals surface area contributed by atoms with Crippen LogP contribution in [-0.2, 0) is 0 Å². The molecule has 0 spiro atoms. The number of amides is 2. The average molecular weight is 523 g/mol. The molecular weight excluding hydrogens is 492 g/mol. The monoisotopic (exact) mass is 522 g/mol. The number of carbonyl (C=O) groups excluding carboxylic acids is 1. The van der Waals surface area contributed by atoms with Crippen LogP contribution in [0.4, 0.5) is 10.5 Å². The summed E-state index contributed by atoms with van der Waals surface area (Å²) in [6.07, 6.45) is -0.192. The van der Waals surface area contributed by atoms with Crippen LogP contribution in [0.3, 0.4) is 0 Å². The van der Waals surface area contributed by atoms with Crippen LogP contribution >= 0.6 is 0 Å². The largest absolute Gasteiger partial charge is 0.447 e. The van der Waals surface area contributed by atoms with Crippen LogP contribution in [0, 0.1) is 0 Å². The number of hydrogen-bond donors (Lipinski definition) is 0. The van der Waals surface area contributed by atoms with Crippen LogP contribution in [-0.4, -0.2) is 31.8 Å². The van der Waals surface area contributed by atoms with Crippen molar-refractivity contribution >= 4 is 33.3 Å². The number of carbonyl (C=O) groups is 1. The van der Waals surface area contributed by atoms with Gasteiger partial charge in [0.25, 0.3) is 0 Å². The van der Waals surface area contributed by atoms with Gasteiger partial charge < -0.3 is 9.42 Å². The van der Waals surface area contributed by atoms with E-state index >= 15 is 0 Å². The number of nitrogens with zero attached hydrogens (tertiary/aromatic N) is 4. The minimum atomic E-state index is -0.916. The summed E-state index contributed by atoms with van der Waals surface area (Å²) in [6, 6.07) is 26.2. The quantitative estimate of drug-likeness (QED) is 0.287. The van der Waals surface area contributed by atoms with Crippen molar-refractivity contribution in [3.8, 4) is 5.69 Å². The molecule has 1 fully saturated rings. The van der Waals surface area contributed by atoms with Crippen molar-refractivity contribution in [3.63, 3.8) is 0 Å². The molecule has 0 unspecified atom stereocenters. The molecule has 2 heterocycles. The van der Waals surface area contributed by atoms with Gasteiger partial charge in [-0.2, -0.15) is 4.57 Å². The highest BCUT2D eigenvalue weighted by atomic mass is 16.5. The number of rotatable bonds is 5. The van der Waals surface area contributed by atoms with Gasteiger partial charge >= 0.3 is 17.5 Å². The van der Waals surface area contributed by atoms with Crippen LogP contribution in [0.2, 0.25) is 0 Å². The van der Waals surface area contributed by atoms with Gasteiger partial charge in [0.15, 0.2) is 6.17 Å². The van der Waals surface area contributed by atoms with E-state index in [0.29, 0.717) is 11.4 Å². The molecule has 0 saturated carbocycles. The summed E-state index contributed by atoms with van der Waals surface area (Å²) in [5, 5.41) is 3.47. The lowest BCUT2D eigenvalue weighted by molar-refractivity contribution is 0.0756. The first-order valence-electron chi connectivity index (χ1n) is 13.2. The maximum absolute atomic E-state index is 14.2. The molecule has 1 aliphatic heterocycles. The molecule has 8 nitrogen and oxygen atoms in total. The number of hydrogen-bond acceptors (Lipinski definition) is 4. The number of urea groups is 1. The Hall–Kier alpha value is -4.59. The van der Waals surface area contributed by atoms with Crippen molar-refractivity contribution in [2.24, 2.45) is 0 Å². The fraction of sp³-hybridized carbons (Fsp3) is 0.258. The summed E-state index contributed by atoms with van der Waals surface area (Å²) in [6.45, 7) is 7.83. The molecule has 0 bridgehead atoms. The molecule has 198 valence electrons. The molecule has 0 N–H and O–H groups in total. The van der Waals surface area contributed by atoms with Crippen molar-refractivity contribution < 1.29 is 9.32 Å². The number of aromatic nitrogens is 2. The summed E-state index contributed by atoms with van der Waals surface area (Å²) >= 11 is 0. The van der Waals surface area contributed by atoms with E-state index in [1.54, 1.807) is 21.9 Å². The molecule has 8 heteroatoms. The zero-order chi connectivity index (χ0) is 27.5. The molecular formula is C31H30N4O4. The Morgan fingerprint density at radius 2 is 1.33 bits per heavy atom. The highest BCUT2D eigenvalue weighted by Gasteiger charge is 2.56. The predicted octanol–water partition coefficient (Wildman–Crippen LogP) is 5.92. The SMILES string of the molecule is CC[C@H](C)N1C(=O)N(c2cccc3ccccc23)[C@@H](n2oc(=O)n(-c3cccc4ccccc34)c2=O)C1(C)C. The molecule has 1 saturated heterocycles. The molecule has 0 radical (unpaired) electrons. The maximum Gasteiger partial charge on any atom is 0.447 e. The topological polar surface area (TPSA) is 80.7 Å². The van der Waals surface area contributed by atoms with E-state index < -0.39 is 23.2 Å². The van der Waals surface area contributed by atoms with Gasteiger partial charge in [0.05, 0.1) is 16.9 Å². The Labute approximate surface area is 225 Å². The lowest BCUT2D eigenvalue weighted by Crippen LogP contribution is -2.50. The second kappa shape index (κ2) is 9.01. The maximum atomic E-state index is 14.2. The zero-order valence-electron chi connectivity index (χ0n) is 22.4. The minimum Gasteiger partial charge on any atom is -0.314 e. The Balaban J connectivity index is 1.61. The van der Waals surface area contributed by atoms with E-state index in [2.05, 4.69) is 0 Å². The van der Waals surface area contributed by atoms with Crippen molar-refractivity contribution in [1.29, 1.82) is 0 Å². The fourth-order valence-electron chi connectivity index (χ4n) is 5.99. The highest BCUT2D eigenvalue weighted by molar-refractivity contribution is 6.05. The van der Waals surface area contributed by atoms with Crippen molar-refractivity contribution in [1.82, 2.24) is 14.2 Å². The van der Waals surface area contributed by atoms with E-state index in [4.69, 9.17) is 4.52 Å². The third kappa shape index (κ3) is 3.62. The summed E-state index contributed by atoms with van der Waals surface area (Å²) in [5.74, 6) is -0.806. The van der Waals surface area contributed by atoms with Crippen LogP contribution in [0.25, 0.3) is 27.2 Å². The van der Waals surface area contributed by atoms with Gasteiger partial charge in [-0.05, 0) is 50.1 Å². The van der Waals surface area contributed by atoms with Gasteiger partial charge in [-0.15, -0.1) is 4.74 Å². The first kappa shape index (κ1) is 24.7. The molecule has 6 rings (SSSR count). The summed E-state index contributed by atoms with van der Waals surface area (Å²) in [7, 11) is 0. The lowest BCUT2D eigenvalue weighted by atomic mass is 9.97. The predicted molar refractivity (Wildman–Crippen MR) is 153 cm³/mol. The molecule has 5 aromatic rings. The van der Waals surface area contributed by atoms with Gasteiger partial charge in [0.2, 0.25) is 0 Å². The van der Waals surface area contributed by atoms with Crippen LogP contribution in [0.5, 0.6) is 0 Å². The molecule has 1 aromatic heterocycles. The number of benzene rings is 4. The Kier molecular flexibility index (Phi) is 5.71. The van der Waals surface area contributed by atoms with E-state index in [1.165, 1.54) is 0 Å². The van der Waals surface area contributed by atoms with Crippen molar-refractivity contribution in [3.05, 3.63) is 106 Å². The van der Waals surface area contributed by atoms with Crippen molar-refractivity contribution in [2.45, 2.75) is 51.9 Å². The van der Waals surface area contributed by atoms with E-state index in [9.17, 15) is 14.4 Å². The lowest BCUT2D eigenvalue weighted by Gasteiger charge is -2.37. The molecule has 39 heavy (non-hydrogen) atoms. The second-order valence-corrected chi connectivity index (χ2v) is 10.6. The number of fused-ring (bicyclic) bond motifs is 2. The molecule has 1 aliphatic rings. The van der Waals surface area contributed by atoms with Gasteiger partial charge in [-0.1, -0.05) is 79.7 Å². The third-order valence-corrected chi connectivity index (χ3v) is 7.94. The number of anilines is 1. The highest BCUT2D eigenvalue weighted by Crippen LogP contribution is 2.45. The Morgan fingerprint density at radius 1 is 0.795 bits per heavy atom. The van der Waals surface area contributed by atoms with Gasteiger partial charge in [0.1, 0.15) is 0 Å². The minimum absolute atomic E-state index is 0.113. The molecule has 2 amide bonds. The smallest absolute Gasteiger partial charge is 0.314 e. The van der Waals surface area contributed by atoms with Crippen LogP contribution in [0.15, 0.2) is 99.0 Å². The first-order chi connectivity index (χ1) is 18.8. The van der Waals surface area contributed by atoms with E-state index in [-0.39, 0.29) is 12.1 Å². The summed E-state index contributed by atoms with van der Waals surface area (Å²) < 4.78 is 7.86. The Morgan fingerprint density at radius 3 is 1.95 bits per heavy atom. The van der Waals surface area contributed by atoms with Gasteiger partial charge in [-0.25, -0.2) is 14.4 Å². The fourth-order valence-corrected chi connectivity index (χ4v) is 5.99. The van der Waals surface area contributed by atoms with Crippen LogP contribution < -0.4 is 16.3 Å². The second-order valence-electron chi connectivity index (χ2n) is 10.6.